The van der Waals surface area contributed by atoms with Crippen LogP contribution in [-0.4, -0.2) is 30.1 Å². The molecular weight excluding hydrogens is 226 g/mol. The highest BCUT2D eigenvalue weighted by Crippen LogP contribution is 2.28. The number of hydrogen-bond acceptors (Lipinski definition) is 2. The maximum Gasteiger partial charge on any atom is 0.318 e. The number of carbonyl (C=O) groups is 1. The number of benzene rings is 1. The quantitative estimate of drug-likeness (QED) is 0.835. The van der Waals surface area contributed by atoms with Gasteiger partial charge in [0.2, 0.25) is 0 Å². The van der Waals surface area contributed by atoms with Crippen molar-refractivity contribution in [3.8, 4) is 0 Å². The molecule has 18 heavy (non-hydrogen) atoms. The first-order valence-corrected chi connectivity index (χ1v) is 6.48. The first-order chi connectivity index (χ1) is 8.63. The van der Waals surface area contributed by atoms with Gasteiger partial charge in [-0.2, -0.15) is 0 Å². The fraction of sp³-hybridized carbons (Fsp3) is 0.500. The second-order valence-electron chi connectivity index (χ2n) is 5.00. The number of amides is 2. The number of urea groups is 1. The molecule has 0 saturated carbocycles. The minimum absolute atomic E-state index is 0.00583. The number of nitrogens with zero attached hydrogens (tertiary/aromatic N) is 1. The lowest BCUT2D eigenvalue weighted by Gasteiger charge is -2.37. The van der Waals surface area contributed by atoms with Crippen molar-refractivity contribution in [3.63, 3.8) is 0 Å². The maximum absolute atomic E-state index is 12.1. The number of rotatable bonds is 2. The molecule has 4 heteroatoms. The topological polar surface area (TPSA) is 58.4 Å². The Hall–Kier alpha value is -1.55. The van der Waals surface area contributed by atoms with E-state index < -0.39 is 0 Å². The molecule has 98 valence electrons. The number of nitrogens with one attached hydrogen (secondary N) is 1. The van der Waals surface area contributed by atoms with E-state index in [-0.39, 0.29) is 18.1 Å². The van der Waals surface area contributed by atoms with Gasteiger partial charge >= 0.3 is 6.03 Å². The highest BCUT2D eigenvalue weighted by molar-refractivity contribution is 5.75. The maximum atomic E-state index is 12.1. The zero-order valence-electron chi connectivity index (χ0n) is 11.0. The van der Waals surface area contributed by atoms with Crippen LogP contribution >= 0.6 is 0 Å². The van der Waals surface area contributed by atoms with Gasteiger partial charge < -0.3 is 16.0 Å². The van der Waals surface area contributed by atoms with Gasteiger partial charge in [-0.15, -0.1) is 0 Å². The zero-order chi connectivity index (χ0) is 13.1. The molecule has 1 heterocycles. The van der Waals surface area contributed by atoms with E-state index in [1.54, 1.807) is 0 Å². The number of carbonyl (C=O) groups excluding carboxylic acids is 1. The van der Waals surface area contributed by atoms with Gasteiger partial charge in [-0.3, -0.25) is 0 Å². The van der Waals surface area contributed by atoms with Crippen molar-refractivity contribution < 1.29 is 4.79 Å². The fourth-order valence-electron chi connectivity index (χ4n) is 2.48. The standard InChI is InChI=1S/C14H21N3O/c1-10(2)16-14(18)17-8-7-11-5-3-4-6-12(11)13(17)9-15/h3-6,10,13H,7-9,15H2,1-2H3,(H,16,18). The number of hydrogen-bond donors (Lipinski definition) is 2. The SMILES string of the molecule is CC(C)NC(=O)N1CCc2ccccc2C1CN. The van der Waals surface area contributed by atoms with Crippen molar-refractivity contribution in [1.82, 2.24) is 10.2 Å². The van der Waals surface area contributed by atoms with E-state index in [9.17, 15) is 4.79 Å². The molecule has 1 aliphatic rings. The third-order valence-electron chi connectivity index (χ3n) is 3.31. The van der Waals surface area contributed by atoms with Crippen LogP contribution in [0.15, 0.2) is 24.3 Å². The third kappa shape index (κ3) is 2.48. The van der Waals surface area contributed by atoms with E-state index in [1.165, 1.54) is 11.1 Å². The Balaban J connectivity index is 2.23. The second-order valence-corrected chi connectivity index (χ2v) is 5.00. The van der Waals surface area contributed by atoms with Crippen molar-refractivity contribution in [2.24, 2.45) is 5.73 Å². The fourth-order valence-corrected chi connectivity index (χ4v) is 2.48. The average Bonchev–Trinajstić information content (AvgIpc) is 2.36. The minimum Gasteiger partial charge on any atom is -0.336 e. The van der Waals surface area contributed by atoms with Crippen molar-refractivity contribution in [2.75, 3.05) is 13.1 Å². The second kappa shape index (κ2) is 5.40. The van der Waals surface area contributed by atoms with Gasteiger partial charge in [0, 0.05) is 19.1 Å². The summed E-state index contributed by atoms with van der Waals surface area (Å²) < 4.78 is 0. The molecule has 0 radical (unpaired) electrons. The Bertz CT molecular complexity index is 431. The van der Waals surface area contributed by atoms with Crippen LogP contribution in [0.1, 0.15) is 31.0 Å². The van der Waals surface area contributed by atoms with E-state index >= 15 is 0 Å². The van der Waals surface area contributed by atoms with Gasteiger partial charge in [0.25, 0.3) is 0 Å². The molecule has 0 fully saturated rings. The smallest absolute Gasteiger partial charge is 0.318 e. The first-order valence-electron chi connectivity index (χ1n) is 6.48. The number of fused-ring (bicyclic) bond motifs is 1. The highest BCUT2D eigenvalue weighted by atomic mass is 16.2. The van der Waals surface area contributed by atoms with Crippen LogP contribution in [0.25, 0.3) is 0 Å². The molecule has 0 aliphatic carbocycles. The molecule has 2 amide bonds. The molecule has 0 aromatic heterocycles. The van der Waals surface area contributed by atoms with Crippen LogP contribution in [-0.2, 0) is 6.42 Å². The first kappa shape index (κ1) is 12.9. The summed E-state index contributed by atoms with van der Waals surface area (Å²) in [6.45, 7) is 5.13. The Morgan fingerprint density at radius 2 is 2.22 bits per heavy atom. The molecule has 1 aromatic rings. The molecule has 0 saturated heterocycles. The lowest BCUT2D eigenvalue weighted by atomic mass is 9.93. The molecule has 4 nitrogen and oxygen atoms in total. The predicted octanol–water partition coefficient (Wildman–Crippen LogP) is 1.66. The van der Waals surface area contributed by atoms with Crippen LogP contribution in [0.5, 0.6) is 0 Å². The van der Waals surface area contributed by atoms with Crippen molar-refractivity contribution in [2.45, 2.75) is 32.4 Å². The van der Waals surface area contributed by atoms with Crippen molar-refractivity contribution >= 4 is 6.03 Å². The normalized spacial score (nSPS) is 18.7. The Morgan fingerprint density at radius 1 is 1.50 bits per heavy atom. The van der Waals surface area contributed by atoms with E-state index in [2.05, 4.69) is 17.4 Å². The zero-order valence-corrected chi connectivity index (χ0v) is 11.0. The molecular formula is C14H21N3O. The minimum atomic E-state index is -0.0186. The van der Waals surface area contributed by atoms with Crippen LogP contribution in [0.4, 0.5) is 4.79 Å². The summed E-state index contributed by atoms with van der Waals surface area (Å²) in [7, 11) is 0. The van der Waals surface area contributed by atoms with E-state index in [4.69, 9.17) is 5.73 Å². The summed E-state index contributed by atoms with van der Waals surface area (Å²) in [4.78, 5) is 14.0. The van der Waals surface area contributed by atoms with Gasteiger partial charge in [0.05, 0.1) is 6.04 Å². The van der Waals surface area contributed by atoms with Gasteiger partial charge in [-0.1, -0.05) is 24.3 Å². The number of nitrogens with two attached hydrogens (primary N) is 1. The van der Waals surface area contributed by atoms with Crippen molar-refractivity contribution in [3.05, 3.63) is 35.4 Å². The Labute approximate surface area is 108 Å². The van der Waals surface area contributed by atoms with Gasteiger partial charge in [-0.25, -0.2) is 4.79 Å². The molecule has 1 atom stereocenters. The molecule has 2 rings (SSSR count). The lowest BCUT2D eigenvalue weighted by Crippen LogP contribution is -2.49. The summed E-state index contributed by atoms with van der Waals surface area (Å²) in [6, 6.07) is 8.36. The average molecular weight is 247 g/mol. The van der Waals surface area contributed by atoms with Gasteiger partial charge in [-0.05, 0) is 31.4 Å². The van der Waals surface area contributed by atoms with E-state index in [1.807, 2.05) is 30.9 Å². The van der Waals surface area contributed by atoms with Crippen LogP contribution in [0.2, 0.25) is 0 Å². The molecule has 1 unspecified atom stereocenters. The van der Waals surface area contributed by atoms with Crippen LogP contribution in [0, 0.1) is 0 Å². The highest BCUT2D eigenvalue weighted by Gasteiger charge is 2.29. The Morgan fingerprint density at radius 3 is 2.89 bits per heavy atom. The summed E-state index contributed by atoms with van der Waals surface area (Å²) in [5.74, 6) is 0. The molecule has 1 aliphatic heterocycles. The lowest BCUT2D eigenvalue weighted by molar-refractivity contribution is 0.169. The van der Waals surface area contributed by atoms with Gasteiger partial charge in [0.15, 0.2) is 0 Å². The van der Waals surface area contributed by atoms with Crippen LogP contribution < -0.4 is 11.1 Å². The largest absolute Gasteiger partial charge is 0.336 e. The molecule has 1 aromatic carbocycles. The molecule has 0 bridgehead atoms. The van der Waals surface area contributed by atoms with Crippen LogP contribution in [0.3, 0.4) is 0 Å². The molecule has 3 N–H and O–H groups in total. The Kier molecular flexibility index (Phi) is 3.87. The summed E-state index contributed by atoms with van der Waals surface area (Å²) in [6.07, 6.45) is 0.901. The summed E-state index contributed by atoms with van der Waals surface area (Å²) in [5, 5.41) is 2.94. The third-order valence-corrected chi connectivity index (χ3v) is 3.31. The molecule has 0 spiro atoms. The van der Waals surface area contributed by atoms with E-state index in [0.29, 0.717) is 6.54 Å². The summed E-state index contributed by atoms with van der Waals surface area (Å²) in [5.41, 5.74) is 8.35. The summed E-state index contributed by atoms with van der Waals surface area (Å²) >= 11 is 0. The van der Waals surface area contributed by atoms with E-state index in [0.717, 1.165) is 13.0 Å². The van der Waals surface area contributed by atoms with Crippen molar-refractivity contribution in [1.29, 1.82) is 0 Å². The predicted molar refractivity (Wildman–Crippen MR) is 72.3 cm³/mol. The van der Waals surface area contributed by atoms with Gasteiger partial charge in [0.1, 0.15) is 0 Å². The monoisotopic (exact) mass is 247 g/mol.